The minimum absolute atomic E-state index is 0.455. The Bertz CT molecular complexity index is 54.0. The van der Waals surface area contributed by atoms with Gasteiger partial charge >= 0.3 is 0 Å². The molecule has 0 nitrogen and oxygen atoms in total. The van der Waals surface area contributed by atoms with Gasteiger partial charge in [-0.05, 0) is 24.2 Å². The second-order valence-electron chi connectivity index (χ2n) is 2.88. The van der Waals surface area contributed by atoms with E-state index in [0.29, 0.717) is 5.16 Å². The molecule has 0 aliphatic heterocycles. The molecule has 0 saturated carbocycles. The van der Waals surface area contributed by atoms with Crippen LogP contribution in [0.1, 0.15) is 26.7 Å². The van der Waals surface area contributed by atoms with Gasteiger partial charge in [-0.2, -0.15) is 0 Å². The van der Waals surface area contributed by atoms with Gasteiger partial charge in [-0.1, -0.05) is 13.8 Å². The maximum Gasteiger partial charge on any atom is -0.0206 e. The molecule has 0 amide bonds. The molecule has 0 spiro atoms. The van der Waals surface area contributed by atoms with Crippen LogP contribution < -0.4 is 0 Å². The third-order valence-corrected chi connectivity index (χ3v) is 1.72. The van der Waals surface area contributed by atoms with E-state index in [2.05, 4.69) is 32.3 Å². The Balaban J connectivity index is 3.11. The van der Waals surface area contributed by atoms with Gasteiger partial charge in [0.15, 0.2) is 0 Å². The molecule has 0 fully saturated rings. The van der Waals surface area contributed by atoms with E-state index < -0.39 is 0 Å². The Kier molecular flexibility index (Phi) is 4.21. The van der Waals surface area contributed by atoms with Crippen LogP contribution in [0.3, 0.4) is 0 Å². The fraction of sp³-hybridized carbons (Fsp3) is 1.00. The summed E-state index contributed by atoms with van der Waals surface area (Å²) in [5.41, 5.74) is 0. The van der Waals surface area contributed by atoms with Crippen LogP contribution in [0.15, 0.2) is 0 Å². The van der Waals surface area contributed by atoms with Crippen molar-refractivity contribution in [2.24, 2.45) is 0 Å². The highest BCUT2D eigenvalue weighted by Crippen LogP contribution is 2.22. The summed E-state index contributed by atoms with van der Waals surface area (Å²) in [6.45, 7) is 4.50. The molecule has 0 N–H and O–H groups in total. The predicted molar refractivity (Wildman–Crippen MR) is 47.6 cm³/mol. The lowest BCUT2D eigenvalue weighted by Crippen LogP contribution is -2.08. The molecule has 0 rings (SSSR count). The molecule has 0 aromatic carbocycles. The normalized spacial score (nSPS) is 12.0. The minimum atomic E-state index is 0.455. The van der Waals surface area contributed by atoms with Crippen molar-refractivity contribution in [1.82, 2.24) is 0 Å². The third-order valence-electron chi connectivity index (χ3n) is 1.03. The summed E-state index contributed by atoms with van der Waals surface area (Å²) in [6, 6.07) is 0. The molecule has 0 heterocycles. The number of hydrogen-bond donors (Lipinski definition) is 0. The molecule has 8 heavy (non-hydrogen) atoms. The van der Waals surface area contributed by atoms with Crippen molar-refractivity contribution in [3.05, 3.63) is 0 Å². The average Bonchev–Trinajstić information content (AvgIpc) is 1.59. The van der Waals surface area contributed by atoms with E-state index in [1.165, 1.54) is 19.0 Å². The second-order valence-corrected chi connectivity index (χ2v) is 5.02. The van der Waals surface area contributed by atoms with Crippen LogP contribution in [-0.2, 0) is 0 Å². The Labute approximate surface area is 57.2 Å². The first-order valence-electron chi connectivity index (χ1n) is 3.05. The van der Waals surface area contributed by atoms with Crippen LogP contribution in [0.5, 0.6) is 0 Å². The first-order valence-corrected chi connectivity index (χ1v) is 4.44. The summed E-state index contributed by atoms with van der Waals surface area (Å²) in [5, 5.41) is 0.455. The average molecular weight is 150 g/mol. The molecule has 0 saturated heterocycles. The van der Waals surface area contributed by atoms with Gasteiger partial charge in [0.1, 0.15) is 0 Å². The highest BCUT2D eigenvalue weighted by atomic mass is 31.0. The highest BCUT2D eigenvalue weighted by molar-refractivity contribution is 7.18. The van der Waals surface area contributed by atoms with E-state index in [1.54, 1.807) is 0 Å². The summed E-state index contributed by atoms with van der Waals surface area (Å²) in [5.74, 6) is 0. The van der Waals surface area contributed by atoms with E-state index >= 15 is 0 Å². The maximum absolute atomic E-state index is 2.86. The molecule has 0 bridgehead atoms. The van der Waals surface area contributed by atoms with Gasteiger partial charge in [-0.25, -0.2) is 0 Å². The summed E-state index contributed by atoms with van der Waals surface area (Å²) in [6.07, 6.45) is 3.86. The fourth-order valence-electron chi connectivity index (χ4n) is 0.558. The van der Waals surface area contributed by atoms with E-state index in [-0.39, 0.29) is 0 Å². The molecule has 2 unspecified atom stereocenters. The summed E-state index contributed by atoms with van der Waals surface area (Å²) < 4.78 is 0. The highest BCUT2D eigenvalue weighted by Gasteiger charge is 2.07. The van der Waals surface area contributed by atoms with Gasteiger partial charge in [0, 0.05) is 0 Å². The molecule has 0 aromatic heterocycles. The molecule has 0 radical (unpaired) electrons. The minimum Gasteiger partial charge on any atom is -0.138 e. The van der Waals surface area contributed by atoms with Gasteiger partial charge < -0.3 is 0 Å². The topological polar surface area (TPSA) is 0 Å². The van der Waals surface area contributed by atoms with Gasteiger partial charge in [-0.3, -0.25) is 0 Å². The zero-order chi connectivity index (χ0) is 6.62. The van der Waals surface area contributed by atoms with Crippen molar-refractivity contribution in [3.8, 4) is 0 Å². The standard InChI is InChI=1S/C6H16P2/c1-6(2,8)4-3-5-7/h3-5,7-8H2,1-2H3. The zero-order valence-electron chi connectivity index (χ0n) is 5.78. The molecule has 50 valence electrons. The van der Waals surface area contributed by atoms with Gasteiger partial charge in [0.25, 0.3) is 0 Å². The van der Waals surface area contributed by atoms with Crippen LogP contribution in [0.2, 0.25) is 0 Å². The van der Waals surface area contributed by atoms with Crippen LogP contribution in [0.4, 0.5) is 0 Å². The Morgan fingerprint density at radius 2 is 1.88 bits per heavy atom. The van der Waals surface area contributed by atoms with E-state index in [0.717, 1.165) is 0 Å². The van der Waals surface area contributed by atoms with Crippen molar-refractivity contribution in [2.75, 3.05) is 6.16 Å². The van der Waals surface area contributed by atoms with Gasteiger partial charge in [-0.15, -0.1) is 18.5 Å². The predicted octanol–water partition coefficient (Wildman–Crippen LogP) is 2.30. The summed E-state index contributed by atoms with van der Waals surface area (Å²) >= 11 is 0. The second kappa shape index (κ2) is 3.80. The van der Waals surface area contributed by atoms with Gasteiger partial charge in [0.2, 0.25) is 0 Å². The zero-order valence-corrected chi connectivity index (χ0v) is 8.09. The first-order chi connectivity index (χ1) is 3.56. The lowest BCUT2D eigenvalue weighted by molar-refractivity contribution is 0.630. The molecule has 0 aliphatic carbocycles. The Hall–Kier alpha value is 0.860. The van der Waals surface area contributed by atoms with Crippen molar-refractivity contribution in [2.45, 2.75) is 31.8 Å². The molecule has 2 atom stereocenters. The Morgan fingerprint density at radius 1 is 1.38 bits per heavy atom. The SMILES string of the molecule is CC(C)(P)CCCP. The molecule has 2 heteroatoms. The lowest BCUT2D eigenvalue weighted by Gasteiger charge is -2.16. The van der Waals surface area contributed by atoms with Crippen LogP contribution >= 0.6 is 18.5 Å². The van der Waals surface area contributed by atoms with Crippen molar-refractivity contribution < 1.29 is 0 Å². The van der Waals surface area contributed by atoms with E-state index in [9.17, 15) is 0 Å². The van der Waals surface area contributed by atoms with Crippen LogP contribution in [0, 0.1) is 0 Å². The summed E-state index contributed by atoms with van der Waals surface area (Å²) in [4.78, 5) is 0. The molecule has 0 aliphatic rings. The molecular weight excluding hydrogens is 134 g/mol. The molecule has 0 aromatic rings. The number of rotatable bonds is 3. The molecular formula is C6H16P2. The largest absolute Gasteiger partial charge is 0.138 e. The summed E-state index contributed by atoms with van der Waals surface area (Å²) in [7, 11) is 5.60. The van der Waals surface area contributed by atoms with Crippen LogP contribution in [0.25, 0.3) is 0 Å². The smallest absolute Gasteiger partial charge is 0.0206 e. The van der Waals surface area contributed by atoms with Crippen molar-refractivity contribution in [1.29, 1.82) is 0 Å². The van der Waals surface area contributed by atoms with Crippen LogP contribution in [-0.4, -0.2) is 11.3 Å². The first kappa shape index (κ1) is 8.86. The lowest BCUT2D eigenvalue weighted by atomic mass is 10.1. The van der Waals surface area contributed by atoms with Crippen molar-refractivity contribution >= 4 is 18.5 Å². The van der Waals surface area contributed by atoms with Gasteiger partial charge in [0.05, 0.1) is 0 Å². The number of hydrogen-bond acceptors (Lipinski definition) is 0. The quantitative estimate of drug-likeness (QED) is 0.541. The van der Waals surface area contributed by atoms with E-state index in [1.807, 2.05) is 0 Å². The monoisotopic (exact) mass is 150 g/mol. The Morgan fingerprint density at radius 3 is 2.00 bits per heavy atom. The maximum atomic E-state index is 2.86. The van der Waals surface area contributed by atoms with Crippen molar-refractivity contribution in [3.63, 3.8) is 0 Å². The van der Waals surface area contributed by atoms with E-state index in [4.69, 9.17) is 0 Å². The third kappa shape index (κ3) is 6.86. The fourth-order valence-corrected chi connectivity index (χ4v) is 0.966.